The summed E-state index contributed by atoms with van der Waals surface area (Å²) >= 11 is 7.50. The number of hydrogen-bond acceptors (Lipinski definition) is 4. The van der Waals surface area contributed by atoms with E-state index in [-0.39, 0.29) is 16.9 Å². The fourth-order valence-electron chi connectivity index (χ4n) is 1.26. The van der Waals surface area contributed by atoms with Gasteiger partial charge in [0.1, 0.15) is 11.0 Å². The summed E-state index contributed by atoms with van der Waals surface area (Å²) in [6.45, 7) is 2.76. The van der Waals surface area contributed by atoms with Crippen LogP contribution in [0.15, 0.2) is 12.1 Å². The number of thioether (sulfide) groups is 1. The van der Waals surface area contributed by atoms with E-state index in [0.717, 1.165) is 6.42 Å². The van der Waals surface area contributed by atoms with E-state index in [0.29, 0.717) is 17.4 Å². The van der Waals surface area contributed by atoms with E-state index < -0.39 is 0 Å². The fraction of sp³-hybridized carbons (Fsp3) is 0.455. The molecule has 1 aromatic rings. The summed E-state index contributed by atoms with van der Waals surface area (Å²) in [5, 5.41) is 3.58. The van der Waals surface area contributed by atoms with Gasteiger partial charge in [-0.3, -0.25) is 4.79 Å². The van der Waals surface area contributed by atoms with Crippen LogP contribution in [0.5, 0.6) is 0 Å². The number of nitrogen functional groups attached to an aromatic ring is 1. The largest absolute Gasteiger partial charge is 0.384 e. The Morgan fingerprint density at radius 3 is 2.94 bits per heavy atom. The molecular formula is C11H16ClN3OS. The molecule has 1 aromatic heterocycles. The number of anilines is 1. The summed E-state index contributed by atoms with van der Waals surface area (Å²) in [5.41, 5.74) is 5.96. The normalized spacial score (nSPS) is 12.2. The molecule has 3 N–H and O–H groups in total. The van der Waals surface area contributed by atoms with Gasteiger partial charge in [0.15, 0.2) is 0 Å². The van der Waals surface area contributed by atoms with Crippen molar-refractivity contribution in [2.75, 3.05) is 18.5 Å². The minimum absolute atomic E-state index is 0.172. The molecule has 0 aliphatic rings. The highest BCUT2D eigenvalue weighted by molar-refractivity contribution is 7.99. The fourth-order valence-corrected chi connectivity index (χ4v) is 1.83. The molecule has 0 aromatic carbocycles. The SMILES string of the molecule is CSC(C)CCNC(=O)c1cc(N)nc(Cl)c1. The van der Waals surface area contributed by atoms with Crippen molar-refractivity contribution in [3.63, 3.8) is 0 Å². The quantitative estimate of drug-likeness (QED) is 0.807. The summed E-state index contributed by atoms with van der Waals surface area (Å²) in [4.78, 5) is 15.6. The van der Waals surface area contributed by atoms with Gasteiger partial charge in [-0.25, -0.2) is 4.98 Å². The van der Waals surface area contributed by atoms with E-state index in [4.69, 9.17) is 17.3 Å². The van der Waals surface area contributed by atoms with Crippen molar-refractivity contribution in [2.24, 2.45) is 0 Å². The average Bonchev–Trinajstić information content (AvgIpc) is 2.27. The molecule has 6 heteroatoms. The van der Waals surface area contributed by atoms with Crippen LogP contribution < -0.4 is 11.1 Å². The van der Waals surface area contributed by atoms with Gasteiger partial charge in [0, 0.05) is 17.4 Å². The maximum absolute atomic E-state index is 11.8. The smallest absolute Gasteiger partial charge is 0.251 e. The third-order valence-corrected chi connectivity index (χ3v) is 3.55. The molecule has 1 atom stereocenters. The molecule has 1 amide bonds. The molecule has 17 heavy (non-hydrogen) atoms. The molecule has 0 aliphatic carbocycles. The molecule has 0 aliphatic heterocycles. The Bertz CT molecular complexity index is 380. The van der Waals surface area contributed by atoms with Crippen LogP contribution in [0.4, 0.5) is 5.82 Å². The van der Waals surface area contributed by atoms with Crippen molar-refractivity contribution in [3.05, 3.63) is 22.8 Å². The van der Waals surface area contributed by atoms with Crippen molar-refractivity contribution in [2.45, 2.75) is 18.6 Å². The molecule has 4 nitrogen and oxygen atoms in total. The van der Waals surface area contributed by atoms with Gasteiger partial charge in [-0.15, -0.1) is 0 Å². The molecule has 94 valence electrons. The molecule has 0 radical (unpaired) electrons. The number of carbonyl (C=O) groups is 1. The highest BCUT2D eigenvalue weighted by Gasteiger charge is 2.08. The van der Waals surface area contributed by atoms with Crippen molar-refractivity contribution < 1.29 is 4.79 Å². The standard InChI is InChI=1S/C11H16ClN3OS/c1-7(17-2)3-4-14-11(16)8-5-9(12)15-10(13)6-8/h5-7H,3-4H2,1-2H3,(H2,13,15)(H,14,16). The Balaban J connectivity index is 2.52. The Labute approximate surface area is 110 Å². The van der Waals surface area contributed by atoms with Crippen molar-refractivity contribution in [3.8, 4) is 0 Å². The van der Waals surface area contributed by atoms with Crippen molar-refractivity contribution in [1.29, 1.82) is 0 Å². The average molecular weight is 274 g/mol. The van der Waals surface area contributed by atoms with Crippen LogP contribution in [0.25, 0.3) is 0 Å². The summed E-state index contributed by atoms with van der Waals surface area (Å²) in [6, 6.07) is 3.02. The van der Waals surface area contributed by atoms with Gasteiger partial charge in [-0.2, -0.15) is 11.8 Å². The number of nitrogens with one attached hydrogen (secondary N) is 1. The van der Waals surface area contributed by atoms with Gasteiger partial charge in [-0.05, 0) is 24.8 Å². The first kappa shape index (κ1) is 14.1. The molecule has 0 saturated heterocycles. The second-order valence-corrected chi connectivity index (χ2v) is 5.36. The number of aromatic nitrogens is 1. The van der Waals surface area contributed by atoms with Crippen LogP contribution in [-0.4, -0.2) is 28.9 Å². The minimum Gasteiger partial charge on any atom is -0.384 e. The summed E-state index contributed by atoms with van der Waals surface area (Å²) in [7, 11) is 0. The molecule has 0 saturated carbocycles. The number of amides is 1. The van der Waals surface area contributed by atoms with Gasteiger partial charge in [0.25, 0.3) is 5.91 Å². The summed E-state index contributed by atoms with van der Waals surface area (Å²) in [5.74, 6) is 0.0782. The van der Waals surface area contributed by atoms with E-state index in [1.807, 2.05) is 0 Å². The third-order valence-electron chi connectivity index (χ3n) is 2.31. The van der Waals surface area contributed by atoms with Gasteiger partial charge in [0.2, 0.25) is 0 Å². The van der Waals surface area contributed by atoms with Crippen LogP contribution in [0.1, 0.15) is 23.7 Å². The second kappa shape index (κ2) is 6.71. The topological polar surface area (TPSA) is 68.0 Å². The van der Waals surface area contributed by atoms with E-state index in [1.54, 1.807) is 11.8 Å². The number of hydrogen-bond donors (Lipinski definition) is 2. The Morgan fingerprint density at radius 1 is 1.65 bits per heavy atom. The number of carbonyl (C=O) groups excluding carboxylic acids is 1. The first-order valence-corrected chi connectivity index (χ1v) is 6.93. The zero-order valence-electron chi connectivity index (χ0n) is 9.87. The van der Waals surface area contributed by atoms with E-state index >= 15 is 0 Å². The zero-order valence-corrected chi connectivity index (χ0v) is 11.4. The maximum atomic E-state index is 11.8. The predicted molar refractivity (Wildman–Crippen MR) is 73.6 cm³/mol. The maximum Gasteiger partial charge on any atom is 0.251 e. The lowest BCUT2D eigenvalue weighted by molar-refractivity contribution is 0.0953. The number of rotatable bonds is 5. The summed E-state index contributed by atoms with van der Waals surface area (Å²) < 4.78 is 0. The van der Waals surface area contributed by atoms with Crippen molar-refractivity contribution in [1.82, 2.24) is 10.3 Å². The van der Waals surface area contributed by atoms with Crippen molar-refractivity contribution >= 4 is 35.1 Å². The van der Waals surface area contributed by atoms with E-state index in [1.165, 1.54) is 12.1 Å². The highest BCUT2D eigenvalue weighted by atomic mass is 35.5. The van der Waals surface area contributed by atoms with Crippen LogP contribution in [0.2, 0.25) is 5.15 Å². The highest BCUT2D eigenvalue weighted by Crippen LogP contribution is 2.12. The first-order valence-electron chi connectivity index (χ1n) is 5.27. The molecule has 0 fully saturated rings. The van der Waals surface area contributed by atoms with E-state index in [2.05, 4.69) is 23.5 Å². The molecule has 1 unspecified atom stereocenters. The van der Waals surface area contributed by atoms with Gasteiger partial charge < -0.3 is 11.1 Å². The Morgan fingerprint density at radius 2 is 2.35 bits per heavy atom. The third kappa shape index (κ3) is 4.83. The van der Waals surface area contributed by atoms with Gasteiger partial charge in [-0.1, -0.05) is 18.5 Å². The summed E-state index contributed by atoms with van der Waals surface area (Å²) in [6.07, 6.45) is 2.98. The van der Waals surface area contributed by atoms with E-state index in [9.17, 15) is 4.79 Å². The number of nitrogens with two attached hydrogens (primary N) is 1. The number of halogens is 1. The molecule has 1 rings (SSSR count). The lowest BCUT2D eigenvalue weighted by Crippen LogP contribution is -2.26. The van der Waals surface area contributed by atoms with Gasteiger partial charge in [0.05, 0.1) is 0 Å². The lowest BCUT2D eigenvalue weighted by Gasteiger charge is -2.09. The molecule has 0 bridgehead atoms. The monoisotopic (exact) mass is 273 g/mol. The van der Waals surface area contributed by atoms with Crippen LogP contribution in [-0.2, 0) is 0 Å². The first-order chi connectivity index (χ1) is 8.02. The Hall–Kier alpha value is -0.940. The number of pyridine rings is 1. The molecule has 1 heterocycles. The minimum atomic E-state index is -0.172. The number of nitrogens with zero attached hydrogens (tertiary/aromatic N) is 1. The predicted octanol–water partition coefficient (Wildman–Crippen LogP) is 2.19. The molecule has 0 spiro atoms. The Kier molecular flexibility index (Phi) is 5.58. The van der Waals surface area contributed by atoms with Gasteiger partial charge >= 0.3 is 0 Å². The lowest BCUT2D eigenvalue weighted by atomic mass is 10.2. The molecular weight excluding hydrogens is 258 g/mol. The van der Waals surface area contributed by atoms with Crippen LogP contribution >= 0.6 is 23.4 Å². The second-order valence-electron chi connectivity index (χ2n) is 3.69. The zero-order chi connectivity index (χ0) is 12.8. The van der Waals surface area contributed by atoms with Crippen LogP contribution in [0, 0.1) is 0 Å². The van der Waals surface area contributed by atoms with Crippen LogP contribution in [0.3, 0.4) is 0 Å².